The van der Waals surface area contributed by atoms with Crippen LogP contribution >= 0.6 is 11.6 Å². The fourth-order valence-electron chi connectivity index (χ4n) is 2.34. The summed E-state index contributed by atoms with van der Waals surface area (Å²) in [5.74, 6) is 0.538. The van der Waals surface area contributed by atoms with Crippen LogP contribution in [-0.2, 0) is 16.4 Å². The minimum atomic E-state index is -3.57. The first kappa shape index (κ1) is 16.8. The first-order valence-electron chi connectivity index (χ1n) is 7.36. The Balaban J connectivity index is 1.60. The van der Waals surface area contributed by atoms with E-state index in [-0.39, 0.29) is 4.90 Å². The van der Waals surface area contributed by atoms with E-state index in [4.69, 9.17) is 11.6 Å². The van der Waals surface area contributed by atoms with Gasteiger partial charge >= 0.3 is 0 Å². The average molecular weight is 366 g/mol. The fourth-order valence-corrected chi connectivity index (χ4v) is 3.91. The Hall–Kier alpha value is -2.03. The number of hydrogen-bond acceptors (Lipinski definition) is 5. The van der Waals surface area contributed by atoms with Gasteiger partial charge in [-0.1, -0.05) is 17.7 Å². The van der Waals surface area contributed by atoms with Gasteiger partial charge in [-0.05, 0) is 43.0 Å². The number of aryl methyl sites for hydroxylation is 1. The Morgan fingerprint density at radius 3 is 2.96 bits per heavy atom. The molecule has 9 heteroatoms. The van der Waals surface area contributed by atoms with Gasteiger partial charge in [-0.15, -0.1) is 0 Å². The standard InChI is InChI=1S/C15H16ClN5O2S/c1-11-13(16)5-2-6-14(11)24(22,23)20-7-3-4-12-8-17-15-18-10-19-21(15)9-12/h2,5-6,8-10,20H,3-4,7H2,1H3. The van der Waals surface area contributed by atoms with Gasteiger partial charge in [0.05, 0.1) is 4.90 Å². The van der Waals surface area contributed by atoms with Gasteiger partial charge in [-0.2, -0.15) is 10.1 Å². The normalized spacial score (nSPS) is 11.9. The topological polar surface area (TPSA) is 89.2 Å². The molecule has 1 aromatic carbocycles. The van der Waals surface area contributed by atoms with Crippen molar-refractivity contribution < 1.29 is 8.42 Å². The largest absolute Gasteiger partial charge is 0.252 e. The van der Waals surface area contributed by atoms with Gasteiger partial charge in [0, 0.05) is 24.0 Å². The Bertz CT molecular complexity index is 971. The quantitative estimate of drug-likeness (QED) is 0.675. The van der Waals surface area contributed by atoms with Crippen LogP contribution in [0.1, 0.15) is 17.5 Å². The molecule has 0 bridgehead atoms. The highest BCUT2D eigenvalue weighted by molar-refractivity contribution is 7.89. The minimum absolute atomic E-state index is 0.209. The van der Waals surface area contributed by atoms with Crippen molar-refractivity contribution in [1.82, 2.24) is 24.3 Å². The van der Waals surface area contributed by atoms with E-state index >= 15 is 0 Å². The molecule has 0 fully saturated rings. The smallest absolute Gasteiger partial charge is 0.219 e. The summed E-state index contributed by atoms with van der Waals surface area (Å²) in [6, 6.07) is 4.85. The van der Waals surface area contributed by atoms with E-state index in [9.17, 15) is 8.42 Å². The molecule has 3 aromatic rings. The van der Waals surface area contributed by atoms with Crippen LogP contribution in [0.3, 0.4) is 0 Å². The lowest BCUT2D eigenvalue weighted by molar-refractivity contribution is 0.578. The molecule has 126 valence electrons. The Morgan fingerprint density at radius 1 is 1.29 bits per heavy atom. The van der Waals surface area contributed by atoms with Crippen LogP contribution in [-0.4, -0.2) is 34.5 Å². The zero-order valence-corrected chi connectivity index (χ0v) is 14.5. The van der Waals surface area contributed by atoms with Gasteiger partial charge in [0.25, 0.3) is 5.78 Å². The number of hydrogen-bond donors (Lipinski definition) is 1. The molecule has 0 radical (unpaired) electrons. The highest BCUT2D eigenvalue weighted by Gasteiger charge is 2.17. The van der Waals surface area contributed by atoms with E-state index < -0.39 is 10.0 Å². The minimum Gasteiger partial charge on any atom is -0.219 e. The van der Waals surface area contributed by atoms with Crippen molar-refractivity contribution in [1.29, 1.82) is 0 Å². The Kier molecular flexibility index (Phi) is 4.79. The maximum absolute atomic E-state index is 12.4. The number of nitrogens with one attached hydrogen (secondary N) is 1. The van der Waals surface area contributed by atoms with Gasteiger partial charge in [0.2, 0.25) is 10.0 Å². The Morgan fingerprint density at radius 2 is 2.12 bits per heavy atom. The molecule has 1 N–H and O–H groups in total. The second-order valence-electron chi connectivity index (χ2n) is 5.33. The second kappa shape index (κ2) is 6.84. The molecule has 2 heterocycles. The second-order valence-corrected chi connectivity index (χ2v) is 7.47. The molecule has 7 nitrogen and oxygen atoms in total. The molecule has 0 aliphatic carbocycles. The molecule has 0 aliphatic rings. The lowest BCUT2D eigenvalue weighted by atomic mass is 10.2. The van der Waals surface area contributed by atoms with Gasteiger partial charge in [-0.3, -0.25) is 0 Å². The molecule has 24 heavy (non-hydrogen) atoms. The molecule has 0 saturated carbocycles. The molecular weight excluding hydrogens is 350 g/mol. The first-order chi connectivity index (χ1) is 11.5. The lowest BCUT2D eigenvalue weighted by Crippen LogP contribution is -2.25. The highest BCUT2D eigenvalue weighted by Crippen LogP contribution is 2.22. The van der Waals surface area contributed by atoms with Gasteiger partial charge in [-0.25, -0.2) is 22.6 Å². The van der Waals surface area contributed by atoms with Crippen LogP contribution in [0.4, 0.5) is 0 Å². The molecule has 0 unspecified atom stereocenters. The number of sulfonamides is 1. The number of aromatic nitrogens is 4. The van der Waals surface area contributed by atoms with Crippen molar-refractivity contribution in [2.75, 3.05) is 6.54 Å². The van der Waals surface area contributed by atoms with Crippen LogP contribution in [0.25, 0.3) is 5.78 Å². The summed E-state index contributed by atoms with van der Waals surface area (Å²) in [7, 11) is -3.57. The van der Waals surface area contributed by atoms with Crippen molar-refractivity contribution in [3.8, 4) is 0 Å². The SMILES string of the molecule is Cc1c(Cl)cccc1S(=O)(=O)NCCCc1cnc2ncnn2c1. The monoisotopic (exact) mass is 365 g/mol. The number of rotatable bonds is 6. The molecule has 0 spiro atoms. The molecule has 0 amide bonds. The van der Waals surface area contributed by atoms with Crippen LogP contribution in [0, 0.1) is 6.92 Å². The molecule has 0 atom stereocenters. The van der Waals surface area contributed by atoms with E-state index in [1.54, 1.807) is 35.8 Å². The van der Waals surface area contributed by atoms with Gasteiger partial charge in [0.15, 0.2) is 0 Å². The zero-order valence-electron chi connectivity index (χ0n) is 13.0. The Labute approximate surface area is 144 Å². The third kappa shape index (κ3) is 3.55. The fraction of sp³-hybridized carbons (Fsp3) is 0.267. The molecular formula is C15H16ClN5O2S. The van der Waals surface area contributed by atoms with Crippen LogP contribution in [0.2, 0.25) is 5.02 Å². The maximum atomic E-state index is 12.4. The van der Waals surface area contributed by atoms with Crippen LogP contribution < -0.4 is 4.72 Å². The van der Waals surface area contributed by atoms with Gasteiger partial charge < -0.3 is 0 Å². The first-order valence-corrected chi connectivity index (χ1v) is 9.22. The van der Waals surface area contributed by atoms with Crippen molar-refractivity contribution in [3.05, 3.63) is 53.1 Å². The van der Waals surface area contributed by atoms with Crippen molar-refractivity contribution in [2.24, 2.45) is 0 Å². The molecule has 2 aromatic heterocycles. The average Bonchev–Trinajstić information content (AvgIpc) is 3.01. The van der Waals surface area contributed by atoms with Crippen molar-refractivity contribution in [2.45, 2.75) is 24.7 Å². The molecule has 0 saturated heterocycles. The predicted octanol–water partition coefficient (Wildman–Crippen LogP) is 2.00. The summed E-state index contributed by atoms with van der Waals surface area (Å²) in [5.41, 5.74) is 1.51. The summed E-state index contributed by atoms with van der Waals surface area (Å²) in [4.78, 5) is 8.36. The van der Waals surface area contributed by atoms with E-state index in [2.05, 4.69) is 19.8 Å². The summed E-state index contributed by atoms with van der Waals surface area (Å²) in [6.07, 6.45) is 6.32. The summed E-state index contributed by atoms with van der Waals surface area (Å²) in [6.45, 7) is 2.01. The maximum Gasteiger partial charge on any atom is 0.252 e. The summed E-state index contributed by atoms with van der Waals surface area (Å²) in [5, 5.41) is 4.46. The number of halogens is 1. The van der Waals surface area contributed by atoms with Crippen LogP contribution in [0.15, 0.2) is 41.8 Å². The van der Waals surface area contributed by atoms with Crippen LogP contribution in [0.5, 0.6) is 0 Å². The molecule has 0 aliphatic heterocycles. The number of benzene rings is 1. The summed E-state index contributed by atoms with van der Waals surface area (Å²) >= 11 is 5.99. The number of fused-ring (bicyclic) bond motifs is 1. The zero-order chi connectivity index (χ0) is 17.2. The lowest BCUT2D eigenvalue weighted by Gasteiger charge is -2.10. The highest BCUT2D eigenvalue weighted by atomic mass is 35.5. The summed E-state index contributed by atoms with van der Waals surface area (Å²) < 4.78 is 28.9. The van der Waals surface area contributed by atoms with E-state index in [1.807, 2.05) is 6.20 Å². The van der Waals surface area contributed by atoms with Crippen molar-refractivity contribution in [3.63, 3.8) is 0 Å². The van der Waals surface area contributed by atoms with Gasteiger partial charge in [0.1, 0.15) is 6.33 Å². The predicted molar refractivity (Wildman–Crippen MR) is 90.5 cm³/mol. The van der Waals surface area contributed by atoms with Crippen molar-refractivity contribution >= 4 is 27.4 Å². The third-order valence-electron chi connectivity index (χ3n) is 3.63. The third-order valence-corrected chi connectivity index (χ3v) is 5.64. The van der Waals surface area contributed by atoms with E-state index in [1.165, 1.54) is 6.33 Å². The van der Waals surface area contributed by atoms with E-state index in [0.29, 0.717) is 35.8 Å². The number of nitrogens with zero attached hydrogens (tertiary/aromatic N) is 4. The van der Waals surface area contributed by atoms with E-state index in [0.717, 1.165) is 5.56 Å². The molecule has 3 rings (SSSR count).